The molecular weight excluding hydrogens is 254 g/mol. The van der Waals surface area contributed by atoms with Crippen LogP contribution in [0.5, 0.6) is 0 Å². The normalized spacial score (nSPS) is 25.8. The summed E-state index contributed by atoms with van der Waals surface area (Å²) in [5.41, 5.74) is 0.213. The molecular formula is C15H19N3O2. The van der Waals surface area contributed by atoms with E-state index in [9.17, 15) is 15.2 Å². The maximum absolute atomic E-state index is 11.7. The Balaban J connectivity index is 2.37. The van der Waals surface area contributed by atoms with Crippen molar-refractivity contribution in [1.82, 2.24) is 4.98 Å². The van der Waals surface area contributed by atoms with Crippen LogP contribution in [-0.4, -0.2) is 21.6 Å². The van der Waals surface area contributed by atoms with E-state index >= 15 is 0 Å². The summed E-state index contributed by atoms with van der Waals surface area (Å²) in [7, 11) is 0. The van der Waals surface area contributed by atoms with Crippen LogP contribution < -0.4 is 5.32 Å². The van der Waals surface area contributed by atoms with Gasteiger partial charge in [-0.3, -0.25) is 0 Å². The van der Waals surface area contributed by atoms with Crippen LogP contribution in [0.25, 0.3) is 0 Å². The highest BCUT2D eigenvalue weighted by atomic mass is 16.4. The summed E-state index contributed by atoms with van der Waals surface area (Å²) in [6.45, 7) is 3.88. The van der Waals surface area contributed by atoms with Gasteiger partial charge >= 0.3 is 5.97 Å². The minimum absolute atomic E-state index is 0.350. The summed E-state index contributed by atoms with van der Waals surface area (Å²) in [6.07, 6.45) is 4.63. The molecule has 106 valence electrons. The van der Waals surface area contributed by atoms with Gasteiger partial charge in [0, 0.05) is 6.20 Å². The molecule has 2 unspecified atom stereocenters. The monoisotopic (exact) mass is 273 g/mol. The molecule has 5 nitrogen and oxygen atoms in total. The molecule has 0 amide bonds. The first-order valence-corrected chi connectivity index (χ1v) is 6.86. The van der Waals surface area contributed by atoms with E-state index in [-0.39, 0.29) is 0 Å². The molecule has 0 aromatic carbocycles. The van der Waals surface area contributed by atoms with Gasteiger partial charge in [0.15, 0.2) is 0 Å². The van der Waals surface area contributed by atoms with Crippen LogP contribution in [-0.2, 0) is 4.79 Å². The zero-order chi connectivity index (χ0) is 14.8. The topological polar surface area (TPSA) is 86.0 Å². The molecule has 2 rings (SSSR count). The van der Waals surface area contributed by atoms with Gasteiger partial charge in [-0.2, -0.15) is 5.26 Å². The van der Waals surface area contributed by atoms with Crippen molar-refractivity contribution in [3.8, 4) is 6.07 Å². The van der Waals surface area contributed by atoms with E-state index in [2.05, 4.69) is 23.3 Å². The van der Waals surface area contributed by atoms with E-state index in [0.29, 0.717) is 30.1 Å². The number of carbonyl (C=O) groups is 1. The van der Waals surface area contributed by atoms with Gasteiger partial charge in [-0.15, -0.1) is 0 Å². The standard InChI is InChI=1S/C15H19N3O2/c1-10-4-3-6-15(8-10,14(19)20)18-13-12(9-16)11(2)5-7-17-13/h5,7,10H,3-4,6,8H2,1-2H3,(H,17,18)(H,19,20). The number of hydrogen-bond donors (Lipinski definition) is 2. The number of nitrogens with zero attached hydrogens (tertiary/aromatic N) is 2. The fraction of sp³-hybridized carbons (Fsp3) is 0.533. The largest absolute Gasteiger partial charge is 0.480 e. The highest BCUT2D eigenvalue weighted by Gasteiger charge is 2.42. The van der Waals surface area contributed by atoms with Crippen molar-refractivity contribution in [3.63, 3.8) is 0 Å². The Morgan fingerprint density at radius 2 is 2.40 bits per heavy atom. The van der Waals surface area contributed by atoms with Gasteiger partial charge in [-0.1, -0.05) is 19.8 Å². The quantitative estimate of drug-likeness (QED) is 0.884. The van der Waals surface area contributed by atoms with Crippen molar-refractivity contribution in [2.24, 2.45) is 5.92 Å². The lowest BCUT2D eigenvalue weighted by molar-refractivity contribution is -0.144. The molecule has 0 radical (unpaired) electrons. The number of aliphatic carboxylic acids is 1. The summed E-state index contributed by atoms with van der Waals surface area (Å²) in [6, 6.07) is 3.85. The fourth-order valence-corrected chi connectivity index (χ4v) is 2.93. The van der Waals surface area contributed by atoms with Gasteiger partial charge in [0.05, 0.1) is 5.56 Å². The van der Waals surface area contributed by atoms with Crippen LogP contribution in [0.3, 0.4) is 0 Å². The van der Waals surface area contributed by atoms with Crippen molar-refractivity contribution in [2.45, 2.75) is 45.1 Å². The molecule has 1 aromatic rings. The van der Waals surface area contributed by atoms with Crippen molar-refractivity contribution < 1.29 is 9.90 Å². The zero-order valence-corrected chi connectivity index (χ0v) is 11.8. The van der Waals surface area contributed by atoms with Crippen LogP contribution in [0.4, 0.5) is 5.82 Å². The lowest BCUT2D eigenvalue weighted by Gasteiger charge is -2.37. The van der Waals surface area contributed by atoms with E-state index in [0.717, 1.165) is 18.4 Å². The Hall–Kier alpha value is -2.09. The number of aromatic nitrogens is 1. The van der Waals surface area contributed by atoms with E-state index in [1.54, 1.807) is 12.3 Å². The molecule has 20 heavy (non-hydrogen) atoms. The smallest absolute Gasteiger partial charge is 0.329 e. The molecule has 5 heteroatoms. The minimum atomic E-state index is -1.01. The molecule has 0 bridgehead atoms. The van der Waals surface area contributed by atoms with Crippen molar-refractivity contribution in [2.75, 3.05) is 5.32 Å². The Labute approximate surface area is 118 Å². The van der Waals surface area contributed by atoms with Crippen LogP contribution in [0.15, 0.2) is 12.3 Å². The maximum atomic E-state index is 11.7. The average molecular weight is 273 g/mol. The maximum Gasteiger partial charge on any atom is 0.329 e. The van der Waals surface area contributed by atoms with Gasteiger partial charge < -0.3 is 10.4 Å². The Bertz CT molecular complexity index is 565. The predicted molar refractivity (Wildman–Crippen MR) is 75.3 cm³/mol. The number of nitrogens with one attached hydrogen (secondary N) is 1. The third kappa shape index (κ3) is 2.60. The van der Waals surface area contributed by atoms with Crippen molar-refractivity contribution in [3.05, 3.63) is 23.4 Å². The number of pyridine rings is 1. The number of aryl methyl sites for hydroxylation is 1. The SMILES string of the molecule is Cc1ccnc(NC2(C(=O)O)CCCC(C)C2)c1C#N. The van der Waals surface area contributed by atoms with Crippen LogP contribution in [0.2, 0.25) is 0 Å². The molecule has 1 fully saturated rings. The van der Waals surface area contributed by atoms with E-state index in [1.807, 2.05) is 6.92 Å². The third-order valence-electron chi connectivity index (χ3n) is 4.04. The molecule has 1 aromatic heterocycles. The van der Waals surface area contributed by atoms with Crippen LogP contribution in [0.1, 0.15) is 43.7 Å². The number of carboxylic acid groups (broad SMARTS) is 1. The molecule has 1 aliphatic rings. The van der Waals surface area contributed by atoms with Gasteiger partial charge in [0.1, 0.15) is 17.4 Å². The Morgan fingerprint density at radius 3 is 3.00 bits per heavy atom. The second-order valence-electron chi connectivity index (χ2n) is 5.68. The number of hydrogen-bond acceptors (Lipinski definition) is 4. The first kappa shape index (κ1) is 14.3. The van der Waals surface area contributed by atoms with Gasteiger partial charge in [0.25, 0.3) is 0 Å². The Morgan fingerprint density at radius 1 is 1.65 bits per heavy atom. The summed E-state index contributed by atoms with van der Waals surface area (Å²) >= 11 is 0. The van der Waals surface area contributed by atoms with Crippen molar-refractivity contribution in [1.29, 1.82) is 5.26 Å². The first-order valence-electron chi connectivity index (χ1n) is 6.86. The number of rotatable bonds is 3. The summed E-state index contributed by atoms with van der Waals surface area (Å²) in [5, 5.41) is 21.9. The third-order valence-corrected chi connectivity index (χ3v) is 4.04. The fourth-order valence-electron chi connectivity index (χ4n) is 2.93. The molecule has 2 N–H and O–H groups in total. The summed E-state index contributed by atoms with van der Waals surface area (Å²) in [4.78, 5) is 15.9. The highest BCUT2D eigenvalue weighted by molar-refractivity contribution is 5.83. The average Bonchev–Trinajstić information content (AvgIpc) is 2.39. The number of nitriles is 1. The molecule has 1 heterocycles. The molecule has 1 saturated carbocycles. The second-order valence-corrected chi connectivity index (χ2v) is 5.68. The van der Waals surface area contributed by atoms with Crippen molar-refractivity contribution >= 4 is 11.8 Å². The van der Waals surface area contributed by atoms with Gasteiger partial charge in [-0.25, -0.2) is 9.78 Å². The Kier molecular flexibility index (Phi) is 3.93. The minimum Gasteiger partial charge on any atom is -0.480 e. The van der Waals surface area contributed by atoms with Crippen LogP contribution >= 0.6 is 0 Å². The number of carboxylic acids is 1. The lowest BCUT2D eigenvalue weighted by atomic mass is 9.76. The molecule has 0 spiro atoms. The lowest BCUT2D eigenvalue weighted by Crippen LogP contribution is -2.50. The van der Waals surface area contributed by atoms with Crippen LogP contribution in [0, 0.1) is 24.2 Å². The van der Waals surface area contributed by atoms with Gasteiger partial charge in [-0.05, 0) is 37.3 Å². The molecule has 0 aliphatic heterocycles. The summed E-state index contributed by atoms with van der Waals surface area (Å²) < 4.78 is 0. The molecule has 0 saturated heterocycles. The predicted octanol–water partition coefficient (Wildman–Crippen LogP) is 2.71. The molecule has 1 aliphatic carbocycles. The zero-order valence-electron chi connectivity index (χ0n) is 11.8. The number of anilines is 1. The first-order chi connectivity index (χ1) is 9.48. The highest BCUT2D eigenvalue weighted by Crippen LogP contribution is 2.35. The molecule has 2 atom stereocenters. The van der Waals surface area contributed by atoms with E-state index in [1.165, 1.54) is 0 Å². The van der Waals surface area contributed by atoms with E-state index < -0.39 is 11.5 Å². The summed E-state index contributed by atoms with van der Waals surface area (Å²) in [5.74, 6) is -0.136. The van der Waals surface area contributed by atoms with Gasteiger partial charge in [0.2, 0.25) is 0 Å². The van der Waals surface area contributed by atoms with E-state index in [4.69, 9.17) is 0 Å². The second kappa shape index (κ2) is 5.49.